The first-order chi connectivity index (χ1) is 31.5. The predicted molar refractivity (Wildman–Crippen MR) is 246 cm³/mol. The summed E-state index contributed by atoms with van der Waals surface area (Å²) in [7, 11) is 0. The van der Waals surface area contributed by atoms with Crippen LogP contribution in [0.15, 0.2) is 218 Å². The molecule has 0 amide bonds. The molecule has 0 saturated heterocycles. The van der Waals surface area contributed by atoms with Gasteiger partial charge in [-0.3, -0.25) is 19.2 Å². The third-order valence-electron chi connectivity index (χ3n) is 16.3. The normalized spacial score (nSPS) is 29.0. The largest absolute Gasteiger partial charge is 0.294 e. The van der Waals surface area contributed by atoms with Gasteiger partial charge < -0.3 is 0 Å². The van der Waals surface area contributed by atoms with Gasteiger partial charge >= 0.3 is 0 Å². The quantitative estimate of drug-likeness (QED) is 0.177. The van der Waals surface area contributed by atoms with Gasteiger partial charge in [0.2, 0.25) is 0 Å². The smallest absolute Gasteiger partial charge is 0.168 e. The highest BCUT2D eigenvalue weighted by molar-refractivity contribution is 6.18. The van der Waals surface area contributed by atoms with Crippen molar-refractivity contribution in [2.24, 2.45) is 23.7 Å². The second kappa shape index (κ2) is 13.0. The fourth-order valence-electron chi connectivity index (χ4n) is 14.5. The summed E-state index contributed by atoms with van der Waals surface area (Å²) in [5, 5.41) is 0. The van der Waals surface area contributed by atoms with Crippen LogP contribution in [0.5, 0.6) is 0 Å². The van der Waals surface area contributed by atoms with Crippen LogP contribution in [0.2, 0.25) is 0 Å². The summed E-state index contributed by atoms with van der Waals surface area (Å²) in [6, 6.07) is 72.5. The van der Waals surface area contributed by atoms with Gasteiger partial charge in [-0.05, 0) is 44.5 Å². The molecule has 2 saturated carbocycles. The van der Waals surface area contributed by atoms with Crippen LogP contribution in [0.1, 0.15) is 85.9 Å². The van der Waals surface area contributed by atoms with Crippen molar-refractivity contribution in [1.82, 2.24) is 0 Å². The van der Waals surface area contributed by atoms with Crippen LogP contribution in [0.4, 0.5) is 0 Å². The van der Waals surface area contributed by atoms with Gasteiger partial charge in [0, 0.05) is 43.9 Å². The van der Waals surface area contributed by atoms with Gasteiger partial charge in [-0.25, -0.2) is 0 Å². The second-order valence-electron chi connectivity index (χ2n) is 18.3. The van der Waals surface area contributed by atoms with E-state index in [-0.39, 0.29) is 46.8 Å². The zero-order chi connectivity index (χ0) is 43.0. The maximum absolute atomic E-state index is 14.2. The van der Waals surface area contributed by atoms with Crippen LogP contribution in [-0.2, 0) is 21.7 Å². The Morgan fingerprint density at radius 1 is 0.219 bits per heavy atom. The van der Waals surface area contributed by atoms with Crippen LogP contribution >= 0.6 is 0 Å². The van der Waals surface area contributed by atoms with Gasteiger partial charge in [0.25, 0.3) is 0 Å². The molecule has 0 aromatic heterocycles. The van der Waals surface area contributed by atoms with Crippen molar-refractivity contribution in [2.75, 3.05) is 0 Å². The highest BCUT2D eigenvalue weighted by Crippen LogP contribution is 2.78. The van der Waals surface area contributed by atoms with Crippen LogP contribution in [0, 0.1) is 23.7 Å². The van der Waals surface area contributed by atoms with E-state index in [9.17, 15) is 19.2 Å². The van der Waals surface area contributed by atoms with E-state index in [1.54, 1.807) is 0 Å². The summed E-state index contributed by atoms with van der Waals surface area (Å²) in [5.41, 5.74) is 8.66. The van der Waals surface area contributed by atoms with Gasteiger partial charge in [-0.2, -0.15) is 0 Å². The van der Waals surface area contributed by atoms with E-state index >= 15 is 0 Å². The summed E-state index contributed by atoms with van der Waals surface area (Å²) in [6.07, 6.45) is 0. The fourth-order valence-corrected chi connectivity index (χ4v) is 14.5. The highest BCUT2D eigenvalue weighted by atomic mass is 16.1. The molecule has 4 nitrogen and oxygen atoms in total. The molecule has 64 heavy (non-hydrogen) atoms. The number of hydrogen-bond donors (Lipinski definition) is 0. The number of rotatable bonds is 4. The molecule has 304 valence electrons. The third kappa shape index (κ3) is 4.03. The Balaban J connectivity index is 0.000000129. The number of carbonyl (C=O) groups excluding carboxylic acids is 4. The number of benzene rings is 8. The Kier molecular flexibility index (Phi) is 7.52. The maximum Gasteiger partial charge on any atom is 0.168 e. The average Bonchev–Trinajstić information content (AvgIpc) is 3.90. The van der Waals surface area contributed by atoms with Gasteiger partial charge in [-0.1, -0.05) is 218 Å². The van der Waals surface area contributed by atoms with Crippen LogP contribution in [0.3, 0.4) is 0 Å². The number of hydrogen-bond acceptors (Lipinski definition) is 4. The number of carbonyl (C=O) groups is 4. The van der Waals surface area contributed by atoms with Gasteiger partial charge in [0.15, 0.2) is 23.1 Å². The van der Waals surface area contributed by atoms with Crippen molar-refractivity contribution in [3.8, 4) is 0 Å². The fraction of sp³-hybridized carbons (Fsp3) is 0.133. The van der Waals surface area contributed by atoms with Crippen LogP contribution in [-0.4, -0.2) is 23.1 Å². The third-order valence-corrected chi connectivity index (χ3v) is 16.3. The Hall–Kier alpha value is -7.56. The first kappa shape index (κ1) is 37.0. The Labute approximate surface area is 371 Å². The van der Waals surface area contributed by atoms with E-state index < -0.39 is 21.7 Å². The number of fused-ring (bicyclic) bond motifs is 16. The van der Waals surface area contributed by atoms with E-state index in [1.807, 2.05) is 146 Å². The SMILES string of the molecule is O=C1c2ccccc2C2(c3ccccc3)C1C1(c3ccccc3)c3ccccc3C(=O)C21.O=C1c2ccccc2C2(c3ccccc3)C1C1(c3ccccc3)c3ccccc3C(=O)C21. The summed E-state index contributed by atoms with van der Waals surface area (Å²) >= 11 is 0. The monoisotopic (exact) mass is 824 g/mol. The Bertz CT molecular complexity index is 2820. The van der Waals surface area contributed by atoms with Crippen molar-refractivity contribution in [3.05, 3.63) is 285 Å². The van der Waals surface area contributed by atoms with Gasteiger partial charge in [-0.15, -0.1) is 0 Å². The molecule has 0 spiro atoms. The molecule has 4 heteroatoms. The van der Waals surface area contributed by atoms with E-state index in [0.29, 0.717) is 0 Å². The van der Waals surface area contributed by atoms with Gasteiger partial charge in [0.1, 0.15) is 0 Å². The zero-order valence-electron chi connectivity index (χ0n) is 34.7. The van der Waals surface area contributed by atoms with Crippen molar-refractivity contribution < 1.29 is 19.2 Å². The summed E-state index contributed by atoms with van der Waals surface area (Å²) < 4.78 is 0. The molecule has 0 unspecified atom stereocenters. The molecule has 0 bridgehead atoms. The molecule has 6 aliphatic rings. The summed E-state index contributed by atoms with van der Waals surface area (Å²) in [5.74, 6) is -0.819. The molecule has 0 heterocycles. The lowest BCUT2D eigenvalue weighted by molar-refractivity contribution is 0.00385. The molecule has 0 aliphatic heterocycles. The number of ketones is 4. The first-order valence-corrected chi connectivity index (χ1v) is 22.2. The molecule has 0 radical (unpaired) electrons. The second-order valence-corrected chi connectivity index (χ2v) is 18.3. The minimum Gasteiger partial charge on any atom is -0.294 e. The predicted octanol–water partition coefficient (Wildman–Crippen LogP) is 11.2. The van der Waals surface area contributed by atoms with E-state index in [4.69, 9.17) is 0 Å². The summed E-state index contributed by atoms with van der Waals surface area (Å²) in [6.45, 7) is 0. The molecule has 0 N–H and O–H groups in total. The summed E-state index contributed by atoms with van der Waals surface area (Å²) in [4.78, 5) is 56.7. The maximum atomic E-state index is 14.2. The van der Waals surface area contributed by atoms with Crippen molar-refractivity contribution in [3.63, 3.8) is 0 Å². The van der Waals surface area contributed by atoms with E-state index in [1.165, 1.54) is 0 Å². The van der Waals surface area contributed by atoms with Crippen molar-refractivity contribution in [1.29, 1.82) is 0 Å². The minimum absolute atomic E-state index is 0.147. The molecule has 8 aromatic carbocycles. The molecule has 2 fully saturated rings. The average molecular weight is 825 g/mol. The first-order valence-electron chi connectivity index (χ1n) is 22.2. The van der Waals surface area contributed by atoms with Crippen LogP contribution in [0.25, 0.3) is 0 Å². The molecule has 0 atom stereocenters. The standard InChI is InChI=1S/2C30H20O2/c2*31-25-21-15-7-9-17-23(21)29(19-11-3-1-4-12-19)27(25)30(20-13-5-2-6-14-20)24-18-10-8-16-22(24)26(32)28(29)30/h2*1-18,27-28H. The van der Waals surface area contributed by atoms with Crippen molar-refractivity contribution >= 4 is 23.1 Å². The van der Waals surface area contributed by atoms with Crippen molar-refractivity contribution in [2.45, 2.75) is 21.7 Å². The van der Waals surface area contributed by atoms with E-state index in [2.05, 4.69) is 72.8 Å². The lowest BCUT2D eigenvalue weighted by Gasteiger charge is -2.63. The minimum atomic E-state index is -0.652. The molecular weight excluding hydrogens is 785 g/mol. The molecule has 8 aromatic rings. The van der Waals surface area contributed by atoms with E-state index in [0.717, 1.165) is 66.8 Å². The molecule has 14 rings (SSSR count). The lowest BCUT2D eigenvalue weighted by Crippen LogP contribution is -2.70. The molecular formula is C60H40O4. The Morgan fingerprint density at radius 3 is 0.594 bits per heavy atom. The lowest BCUT2D eigenvalue weighted by atomic mass is 9.35. The Morgan fingerprint density at radius 2 is 0.391 bits per heavy atom. The topological polar surface area (TPSA) is 68.3 Å². The highest BCUT2D eigenvalue weighted by Gasteiger charge is 2.83. The van der Waals surface area contributed by atoms with Gasteiger partial charge in [0.05, 0.1) is 23.7 Å². The molecule has 6 aliphatic carbocycles. The number of Topliss-reactive ketones (excluding diaryl/α,β-unsaturated/α-hetero) is 4. The van der Waals surface area contributed by atoms with Crippen LogP contribution < -0.4 is 0 Å². The zero-order valence-corrected chi connectivity index (χ0v) is 34.7.